The highest BCUT2D eigenvalue weighted by molar-refractivity contribution is 5.73. The normalized spacial score (nSPS) is 18.8. The quantitative estimate of drug-likeness (QED) is 0.773. The first kappa shape index (κ1) is 13.3. The molecule has 3 nitrogen and oxygen atoms in total. The van der Waals surface area contributed by atoms with E-state index in [1.807, 2.05) is 0 Å². The zero-order valence-electron chi connectivity index (χ0n) is 9.13. The minimum Gasteiger partial charge on any atom is -0.480 e. The maximum absolute atomic E-state index is 12.3. The number of carboxylic acids is 1. The van der Waals surface area contributed by atoms with Crippen LogP contribution in [-0.2, 0) is 4.79 Å². The van der Waals surface area contributed by atoms with Gasteiger partial charge in [-0.05, 0) is 19.3 Å². The molecule has 1 aliphatic carbocycles. The molecule has 1 rings (SSSR count). The number of alkyl halides is 3. The lowest BCUT2D eigenvalue weighted by atomic mass is 10.1. The van der Waals surface area contributed by atoms with E-state index in [2.05, 4.69) is 0 Å². The van der Waals surface area contributed by atoms with Gasteiger partial charge in [-0.3, -0.25) is 9.69 Å². The van der Waals surface area contributed by atoms with Gasteiger partial charge in [0.25, 0.3) is 0 Å². The van der Waals surface area contributed by atoms with Crippen LogP contribution in [0.25, 0.3) is 0 Å². The molecule has 6 heteroatoms. The van der Waals surface area contributed by atoms with Crippen molar-refractivity contribution in [2.75, 3.05) is 6.54 Å². The SMILES string of the molecule is CCCC(C(=O)O)N(CC(F)(F)F)C1CC1. The van der Waals surface area contributed by atoms with E-state index < -0.39 is 24.7 Å². The first-order valence-electron chi connectivity index (χ1n) is 5.40. The van der Waals surface area contributed by atoms with E-state index in [9.17, 15) is 18.0 Å². The van der Waals surface area contributed by atoms with E-state index in [1.165, 1.54) is 0 Å². The smallest absolute Gasteiger partial charge is 0.401 e. The van der Waals surface area contributed by atoms with Gasteiger partial charge in [-0.2, -0.15) is 13.2 Å². The molecule has 0 aromatic rings. The number of aliphatic carboxylic acids is 1. The molecular weight excluding hydrogens is 223 g/mol. The molecule has 0 heterocycles. The highest BCUT2D eigenvalue weighted by Gasteiger charge is 2.43. The van der Waals surface area contributed by atoms with Crippen molar-refractivity contribution in [2.45, 2.75) is 50.9 Å². The molecule has 16 heavy (non-hydrogen) atoms. The van der Waals surface area contributed by atoms with Crippen LogP contribution < -0.4 is 0 Å². The molecule has 1 saturated carbocycles. The number of carboxylic acid groups (broad SMARTS) is 1. The number of hydrogen-bond donors (Lipinski definition) is 1. The Morgan fingerprint density at radius 2 is 2.06 bits per heavy atom. The number of halogens is 3. The first-order valence-corrected chi connectivity index (χ1v) is 5.40. The highest BCUT2D eigenvalue weighted by atomic mass is 19.4. The second kappa shape index (κ2) is 5.03. The third-order valence-electron chi connectivity index (χ3n) is 2.63. The lowest BCUT2D eigenvalue weighted by Crippen LogP contribution is -2.47. The Morgan fingerprint density at radius 3 is 2.38 bits per heavy atom. The molecule has 0 aromatic carbocycles. The molecule has 0 aromatic heterocycles. The average molecular weight is 239 g/mol. The van der Waals surface area contributed by atoms with Crippen molar-refractivity contribution in [3.63, 3.8) is 0 Å². The van der Waals surface area contributed by atoms with Crippen LogP contribution in [0.2, 0.25) is 0 Å². The second-order valence-electron chi connectivity index (χ2n) is 4.16. The fraction of sp³-hybridized carbons (Fsp3) is 0.900. The summed E-state index contributed by atoms with van der Waals surface area (Å²) in [5, 5.41) is 8.94. The molecule has 0 spiro atoms. The highest BCUT2D eigenvalue weighted by Crippen LogP contribution is 2.32. The fourth-order valence-electron chi connectivity index (χ4n) is 1.81. The minimum absolute atomic E-state index is 0.200. The molecular formula is C10H16F3NO2. The summed E-state index contributed by atoms with van der Waals surface area (Å²) in [4.78, 5) is 12.0. The van der Waals surface area contributed by atoms with Crippen LogP contribution in [0.5, 0.6) is 0 Å². The van der Waals surface area contributed by atoms with Crippen LogP contribution in [0.3, 0.4) is 0 Å². The van der Waals surface area contributed by atoms with E-state index in [-0.39, 0.29) is 12.5 Å². The van der Waals surface area contributed by atoms with Crippen LogP contribution in [0, 0.1) is 0 Å². The molecule has 0 bridgehead atoms. The van der Waals surface area contributed by atoms with Crippen molar-refractivity contribution in [2.24, 2.45) is 0 Å². The summed E-state index contributed by atoms with van der Waals surface area (Å²) >= 11 is 0. The van der Waals surface area contributed by atoms with E-state index in [1.54, 1.807) is 6.92 Å². The zero-order valence-corrected chi connectivity index (χ0v) is 9.13. The monoisotopic (exact) mass is 239 g/mol. The number of rotatable bonds is 6. The summed E-state index contributed by atoms with van der Waals surface area (Å²) in [6.07, 6.45) is -2.16. The van der Waals surface area contributed by atoms with Crippen molar-refractivity contribution in [3.05, 3.63) is 0 Å². The number of hydrogen-bond acceptors (Lipinski definition) is 2. The molecule has 1 aliphatic rings. The van der Waals surface area contributed by atoms with Gasteiger partial charge in [0.05, 0.1) is 6.54 Å². The Balaban J connectivity index is 2.69. The molecule has 0 radical (unpaired) electrons. The van der Waals surface area contributed by atoms with Crippen LogP contribution in [0.4, 0.5) is 13.2 Å². The van der Waals surface area contributed by atoms with Gasteiger partial charge >= 0.3 is 12.1 Å². The van der Waals surface area contributed by atoms with Crippen LogP contribution in [0.15, 0.2) is 0 Å². The van der Waals surface area contributed by atoms with Gasteiger partial charge in [0, 0.05) is 6.04 Å². The van der Waals surface area contributed by atoms with Crippen LogP contribution in [0.1, 0.15) is 32.6 Å². The molecule has 0 saturated heterocycles. The molecule has 1 fully saturated rings. The number of nitrogens with zero attached hydrogens (tertiary/aromatic N) is 1. The average Bonchev–Trinajstić information content (AvgIpc) is 2.91. The summed E-state index contributed by atoms with van der Waals surface area (Å²) in [7, 11) is 0. The predicted molar refractivity (Wildman–Crippen MR) is 52.1 cm³/mol. The summed E-state index contributed by atoms with van der Waals surface area (Å²) in [5.74, 6) is -1.15. The predicted octanol–water partition coefficient (Wildman–Crippen LogP) is 2.27. The van der Waals surface area contributed by atoms with E-state index in [4.69, 9.17) is 5.11 Å². The van der Waals surface area contributed by atoms with E-state index >= 15 is 0 Å². The Labute approximate surface area is 92.2 Å². The Morgan fingerprint density at radius 1 is 1.50 bits per heavy atom. The van der Waals surface area contributed by atoms with Gasteiger partial charge in [-0.1, -0.05) is 13.3 Å². The van der Waals surface area contributed by atoms with Crippen molar-refractivity contribution in [3.8, 4) is 0 Å². The second-order valence-corrected chi connectivity index (χ2v) is 4.16. The third kappa shape index (κ3) is 4.00. The van der Waals surface area contributed by atoms with Gasteiger partial charge in [0.1, 0.15) is 6.04 Å². The molecule has 1 N–H and O–H groups in total. The maximum atomic E-state index is 12.3. The van der Waals surface area contributed by atoms with Gasteiger partial charge in [0.2, 0.25) is 0 Å². The molecule has 0 aliphatic heterocycles. The first-order chi connectivity index (χ1) is 7.35. The molecule has 1 atom stereocenters. The van der Waals surface area contributed by atoms with E-state index in [0.29, 0.717) is 19.3 Å². The topological polar surface area (TPSA) is 40.5 Å². The van der Waals surface area contributed by atoms with E-state index in [0.717, 1.165) is 4.90 Å². The lowest BCUT2D eigenvalue weighted by molar-refractivity contribution is -0.163. The van der Waals surface area contributed by atoms with Gasteiger partial charge < -0.3 is 5.11 Å². The van der Waals surface area contributed by atoms with Crippen molar-refractivity contribution in [1.82, 2.24) is 4.90 Å². The fourth-order valence-corrected chi connectivity index (χ4v) is 1.81. The van der Waals surface area contributed by atoms with Crippen molar-refractivity contribution < 1.29 is 23.1 Å². The summed E-state index contributed by atoms with van der Waals surface area (Å²) in [5.41, 5.74) is 0. The maximum Gasteiger partial charge on any atom is 0.401 e. The van der Waals surface area contributed by atoms with Crippen molar-refractivity contribution >= 4 is 5.97 Å². The standard InChI is InChI=1S/C10H16F3NO2/c1-2-3-8(9(15)16)14(7-4-5-7)6-10(11,12)13/h7-8H,2-6H2,1H3,(H,15,16). The van der Waals surface area contributed by atoms with Crippen LogP contribution >= 0.6 is 0 Å². The van der Waals surface area contributed by atoms with Gasteiger partial charge in [0.15, 0.2) is 0 Å². The van der Waals surface area contributed by atoms with Gasteiger partial charge in [-0.25, -0.2) is 0 Å². The molecule has 0 amide bonds. The van der Waals surface area contributed by atoms with Gasteiger partial charge in [-0.15, -0.1) is 0 Å². The number of carbonyl (C=O) groups is 1. The Hall–Kier alpha value is -0.780. The Bertz CT molecular complexity index is 251. The third-order valence-corrected chi connectivity index (χ3v) is 2.63. The summed E-state index contributed by atoms with van der Waals surface area (Å²) < 4.78 is 37.0. The summed E-state index contributed by atoms with van der Waals surface area (Å²) in [6.45, 7) is 0.656. The lowest BCUT2D eigenvalue weighted by Gasteiger charge is -2.29. The Kier molecular flexibility index (Phi) is 4.18. The largest absolute Gasteiger partial charge is 0.480 e. The van der Waals surface area contributed by atoms with Crippen molar-refractivity contribution in [1.29, 1.82) is 0 Å². The zero-order chi connectivity index (χ0) is 12.3. The van der Waals surface area contributed by atoms with Crippen LogP contribution in [-0.4, -0.2) is 40.8 Å². The summed E-state index contributed by atoms with van der Waals surface area (Å²) in [6, 6.07) is -1.20. The minimum atomic E-state index is -4.33. The molecule has 94 valence electrons. The molecule has 1 unspecified atom stereocenters.